The normalized spacial score (nSPS) is 12.0. The average Bonchev–Trinajstić information content (AvgIpc) is 2.72. The molecule has 2 aromatic rings. The molecule has 1 heterocycles. The number of carbonyl (C=O) groups excluding carboxylic acids is 2. The lowest BCUT2D eigenvalue weighted by Crippen LogP contribution is -2.42. The first-order valence-corrected chi connectivity index (χ1v) is 10.8. The monoisotopic (exact) mass is 457 g/mol. The summed E-state index contributed by atoms with van der Waals surface area (Å²) in [6.45, 7) is 5.59. The molecule has 4 N–H and O–H groups in total. The molecule has 0 saturated carbocycles. The van der Waals surface area contributed by atoms with Gasteiger partial charge in [-0.15, -0.1) is 0 Å². The van der Waals surface area contributed by atoms with E-state index in [1.807, 2.05) is 30.3 Å². The first-order chi connectivity index (χ1) is 15.5. The molecule has 2 amide bonds. The lowest BCUT2D eigenvalue weighted by atomic mass is 10.1. The van der Waals surface area contributed by atoms with E-state index in [0.29, 0.717) is 31.5 Å². The van der Waals surface area contributed by atoms with Crippen LogP contribution in [0.2, 0.25) is 0 Å². The molecule has 0 aliphatic heterocycles. The molecule has 0 spiro atoms. The summed E-state index contributed by atoms with van der Waals surface area (Å²) in [5, 5.41) is 14.4. The maximum atomic E-state index is 12.5. The Morgan fingerprint density at radius 3 is 2.36 bits per heavy atom. The fraction of sp³-hybridized carbons (Fsp3) is 0.417. The Kier molecular flexibility index (Phi) is 9.20. The summed E-state index contributed by atoms with van der Waals surface area (Å²) in [4.78, 5) is 50.7. The van der Waals surface area contributed by atoms with Gasteiger partial charge in [0.05, 0.1) is 0 Å². The number of hydrogen-bond acceptors (Lipinski definition) is 5. The summed E-state index contributed by atoms with van der Waals surface area (Å²) >= 11 is 0. The van der Waals surface area contributed by atoms with Crippen molar-refractivity contribution in [1.29, 1.82) is 0 Å². The van der Waals surface area contributed by atoms with Gasteiger partial charge in [-0.05, 0) is 57.7 Å². The van der Waals surface area contributed by atoms with Gasteiger partial charge in [0.25, 0.3) is 11.5 Å². The number of amides is 2. The number of ether oxygens (including phenoxy) is 1. The van der Waals surface area contributed by atoms with Crippen molar-refractivity contribution in [3.8, 4) is 0 Å². The number of carboxylic acid groups (broad SMARTS) is 1. The number of aliphatic carboxylic acids is 1. The number of nitrogens with one attached hydrogen (secondary N) is 3. The summed E-state index contributed by atoms with van der Waals surface area (Å²) in [6.07, 6.45) is 1.07. The topological polar surface area (TPSA) is 138 Å². The highest BCUT2D eigenvalue weighted by Crippen LogP contribution is 2.08. The maximum absolute atomic E-state index is 12.5. The molecule has 1 aromatic heterocycles. The van der Waals surface area contributed by atoms with E-state index in [0.717, 1.165) is 5.56 Å². The van der Waals surface area contributed by atoms with Crippen molar-refractivity contribution >= 4 is 18.0 Å². The van der Waals surface area contributed by atoms with Crippen LogP contribution in [-0.4, -0.2) is 46.2 Å². The largest absolute Gasteiger partial charge is 0.480 e. The second kappa shape index (κ2) is 11.8. The predicted molar refractivity (Wildman–Crippen MR) is 123 cm³/mol. The molecule has 33 heavy (non-hydrogen) atoms. The van der Waals surface area contributed by atoms with Crippen LogP contribution in [0.25, 0.3) is 0 Å². The molecule has 0 saturated heterocycles. The minimum absolute atomic E-state index is 0.148. The number of carbonyl (C=O) groups is 3. The highest BCUT2D eigenvalue weighted by atomic mass is 16.6. The lowest BCUT2D eigenvalue weighted by molar-refractivity contribution is -0.139. The molecule has 0 aliphatic carbocycles. The lowest BCUT2D eigenvalue weighted by Gasteiger charge is -2.19. The predicted octanol–water partition coefficient (Wildman–Crippen LogP) is 2.84. The smallest absolute Gasteiger partial charge is 0.407 e. The molecular formula is C24H31N3O6. The summed E-state index contributed by atoms with van der Waals surface area (Å²) in [6, 6.07) is 11.4. The molecule has 1 atom stereocenters. The van der Waals surface area contributed by atoms with Crippen LogP contribution in [0.5, 0.6) is 0 Å². The van der Waals surface area contributed by atoms with Crippen LogP contribution < -0.4 is 16.2 Å². The van der Waals surface area contributed by atoms with Crippen LogP contribution in [0.15, 0.2) is 47.3 Å². The second-order valence-corrected chi connectivity index (χ2v) is 8.68. The first kappa shape index (κ1) is 25.6. The minimum atomic E-state index is -1.19. The molecule has 9 nitrogen and oxygen atoms in total. The van der Waals surface area contributed by atoms with Gasteiger partial charge in [0.15, 0.2) is 0 Å². The molecule has 0 unspecified atom stereocenters. The van der Waals surface area contributed by atoms with E-state index in [2.05, 4.69) is 15.6 Å². The van der Waals surface area contributed by atoms with Gasteiger partial charge in [0.1, 0.15) is 17.2 Å². The average molecular weight is 458 g/mol. The Morgan fingerprint density at radius 2 is 1.76 bits per heavy atom. The van der Waals surface area contributed by atoms with Gasteiger partial charge in [-0.3, -0.25) is 9.59 Å². The van der Waals surface area contributed by atoms with Crippen molar-refractivity contribution in [2.24, 2.45) is 0 Å². The van der Waals surface area contributed by atoms with E-state index < -0.39 is 35.2 Å². The standard InChI is InChI=1S/C24H31N3O6/c1-24(2,3)33-23(32)25-14-8-7-11-19(22(30)31)27-21(29)18-13-12-17(26-20(18)28)15-16-9-5-4-6-10-16/h4-6,9-10,12-13,19H,7-8,11,14-15H2,1-3H3,(H,25,32)(H,26,28)(H,27,29)(H,30,31)/t19-/m0/s1. The fourth-order valence-corrected chi connectivity index (χ4v) is 3.08. The Labute approximate surface area is 192 Å². The summed E-state index contributed by atoms with van der Waals surface area (Å²) < 4.78 is 5.12. The SMILES string of the molecule is CC(C)(C)OC(=O)NCCCC[C@H](NC(=O)c1ccc(Cc2ccccc2)[nH]c1=O)C(=O)O. The minimum Gasteiger partial charge on any atom is -0.480 e. The van der Waals surface area contributed by atoms with Crippen LogP contribution in [0.4, 0.5) is 4.79 Å². The zero-order chi connectivity index (χ0) is 24.4. The van der Waals surface area contributed by atoms with Gasteiger partial charge in [0.2, 0.25) is 0 Å². The van der Waals surface area contributed by atoms with Crippen molar-refractivity contribution in [3.63, 3.8) is 0 Å². The van der Waals surface area contributed by atoms with Crippen molar-refractivity contribution in [2.45, 2.75) is 58.1 Å². The maximum Gasteiger partial charge on any atom is 0.407 e. The second-order valence-electron chi connectivity index (χ2n) is 8.68. The Hall–Kier alpha value is -3.62. The molecule has 9 heteroatoms. The first-order valence-electron chi connectivity index (χ1n) is 10.8. The quantitative estimate of drug-likeness (QED) is 0.405. The van der Waals surface area contributed by atoms with Crippen LogP contribution >= 0.6 is 0 Å². The zero-order valence-electron chi connectivity index (χ0n) is 19.1. The molecule has 0 fully saturated rings. The number of unbranched alkanes of at least 4 members (excludes halogenated alkanes) is 1. The highest BCUT2D eigenvalue weighted by molar-refractivity contribution is 5.96. The number of aromatic nitrogens is 1. The van der Waals surface area contributed by atoms with Gasteiger partial charge in [-0.1, -0.05) is 30.3 Å². The highest BCUT2D eigenvalue weighted by Gasteiger charge is 2.22. The van der Waals surface area contributed by atoms with Gasteiger partial charge >= 0.3 is 12.1 Å². The number of pyridine rings is 1. The Balaban J connectivity index is 1.86. The summed E-state index contributed by atoms with van der Waals surface area (Å²) in [7, 11) is 0. The molecule has 2 rings (SSSR count). The van der Waals surface area contributed by atoms with Crippen LogP contribution in [0.1, 0.15) is 61.6 Å². The third-order valence-corrected chi connectivity index (χ3v) is 4.64. The molecule has 1 aromatic carbocycles. The van der Waals surface area contributed by atoms with Gasteiger partial charge in [-0.2, -0.15) is 0 Å². The van der Waals surface area contributed by atoms with E-state index >= 15 is 0 Å². The number of aromatic amines is 1. The van der Waals surface area contributed by atoms with Crippen molar-refractivity contribution in [3.05, 3.63) is 69.6 Å². The van der Waals surface area contributed by atoms with E-state index in [4.69, 9.17) is 4.74 Å². The van der Waals surface area contributed by atoms with Crippen molar-refractivity contribution < 1.29 is 24.2 Å². The molecule has 0 aliphatic rings. The van der Waals surface area contributed by atoms with Crippen LogP contribution in [0.3, 0.4) is 0 Å². The summed E-state index contributed by atoms with van der Waals surface area (Å²) in [5.41, 5.74) is 0.337. The van der Waals surface area contributed by atoms with E-state index in [1.165, 1.54) is 6.07 Å². The Morgan fingerprint density at radius 1 is 1.06 bits per heavy atom. The van der Waals surface area contributed by atoms with E-state index in [1.54, 1.807) is 26.8 Å². The van der Waals surface area contributed by atoms with E-state index in [-0.39, 0.29) is 12.0 Å². The van der Waals surface area contributed by atoms with E-state index in [9.17, 15) is 24.3 Å². The number of rotatable bonds is 10. The number of benzene rings is 1. The molecular weight excluding hydrogens is 426 g/mol. The molecule has 178 valence electrons. The number of carboxylic acids is 1. The summed E-state index contributed by atoms with van der Waals surface area (Å²) in [5.74, 6) is -1.94. The third kappa shape index (κ3) is 9.18. The fourth-order valence-electron chi connectivity index (χ4n) is 3.08. The third-order valence-electron chi connectivity index (χ3n) is 4.64. The number of H-pyrrole nitrogens is 1. The molecule has 0 bridgehead atoms. The Bertz CT molecular complexity index is 1010. The van der Waals surface area contributed by atoms with Gasteiger partial charge in [0, 0.05) is 18.7 Å². The molecule has 0 radical (unpaired) electrons. The van der Waals surface area contributed by atoms with Crippen LogP contribution in [-0.2, 0) is 16.0 Å². The van der Waals surface area contributed by atoms with Crippen molar-refractivity contribution in [1.82, 2.24) is 15.6 Å². The number of alkyl carbamates (subject to hydrolysis) is 1. The van der Waals surface area contributed by atoms with Crippen LogP contribution in [0, 0.1) is 0 Å². The van der Waals surface area contributed by atoms with Gasteiger partial charge in [-0.25, -0.2) is 9.59 Å². The zero-order valence-corrected chi connectivity index (χ0v) is 19.1. The number of hydrogen-bond donors (Lipinski definition) is 4. The van der Waals surface area contributed by atoms with Gasteiger partial charge < -0.3 is 25.5 Å². The van der Waals surface area contributed by atoms with Crippen molar-refractivity contribution in [2.75, 3.05) is 6.54 Å².